The third-order valence-electron chi connectivity index (χ3n) is 15.0. The van der Waals surface area contributed by atoms with Crippen LogP contribution in [0, 0.1) is 10.8 Å². The van der Waals surface area contributed by atoms with Crippen molar-refractivity contribution in [2.24, 2.45) is 10.8 Å². The van der Waals surface area contributed by atoms with Gasteiger partial charge in [0, 0.05) is 41.6 Å². The van der Waals surface area contributed by atoms with Crippen molar-refractivity contribution in [1.29, 1.82) is 0 Å². The van der Waals surface area contributed by atoms with Gasteiger partial charge >= 0.3 is 0 Å². The van der Waals surface area contributed by atoms with Crippen molar-refractivity contribution in [2.45, 2.75) is 103 Å². The van der Waals surface area contributed by atoms with Crippen LogP contribution in [0.1, 0.15) is 103 Å². The Morgan fingerprint density at radius 3 is 1.87 bits per heavy atom. The largest absolute Gasteiger partial charge is 0.347 e. The average Bonchev–Trinajstić information content (AvgIpc) is 3.61. The normalized spacial score (nSPS) is 24.2. The van der Waals surface area contributed by atoms with Crippen molar-refractivity contribution in [3.63, 3.8) is 0 Å². The van der Waals surface area contributed by atoms with Crippen molar-refractivity contribution in [3.05, 3.63) is 143 Å². The fraction of sp³-hybridized carbons (Fsp3) is 0.392. The number of anilines is 1. The first-order valence-electron chi connectivity index (χ1n) is 20.5. The lowest BCUT2D eigenvalue weighted by Gasteiger charge is -2.38. The summed E-state index contributed by atoms with van der Waals surface area (Å²) >= 11 is 0. The third kappa shape index (κ3) is 5.00. The van der Waals surface area contributed by atoms with Gasteiger partial charge in [-0.05, 0) is 93.0 Å². The Kier molecular flexibility index (Phi) is 8.15. The molecule has 0 radical (unpaired) electrons. The van der Waals surface area contributed by atoms with Crippen LogP contribution in [0.15, 0.2) is 132 Å². The van der Waals surface area contributed by atoms with Gasteiger partial charge in [0.15, 0.2) is 5.71 Å². The second kappa shape index (κ2) is 12.6. The van der Waals surface area contributed by atoms with Crippen LogP contribution in [0.4, 0.5) is 11.4 Å². The molecule has 0 amide bonds. The summed E-state index contributed by atoms with van der Waals surface area (Å²) in [6.07, 6.45) is 29.8. The van der Waals surface area contributed by atoms with E-state index in [0.29, 0.717) is 0 Å². The summed E-state index contributed by atoms with van der Waals surface area (Å²) in [6.45, 7) is 9.74. The first-order chi connectivity index (χ1) is 25.6. The molecule has 2 fully saturated rings. The number of fused-ring (bicyclic) bond motifs is 8. The van der Waals surface area contributed by atoms with Gasteiger partial charge in [-0.2, -0.15) is 4.58 Å². The molecule has 2 heteroatoms. The quantitative estimate of drug-likeness (QED) is 0.192. The molecule has 5 aliphatic rings. The van der Waals surface area contributed by atoms with Crippen molar-refractivity contribution in [2.75, 3.05) is 19.0 Å². The summed E-state index contributed by atoms with van der Waals surface area (Å²) in [4.78, 5) is 2.50. The highest BCUT2D eigenvalue weighted by Gasteiger charge is 2.52. The third-order valence-corrected chi connectivity index (χ3v) is 15.0. The smallest absolute Gasteiger partial charge is 0.210 e. The number of hydrogen-bond acceptors (Lipinski definition) is 1. The number of hydrogen-bond donors (Lipinski definition) is 0. The zero-order chi connectivity index (χ0) is 36.6. The van der Waals surface area contributed by atoms with Crippen molar-refractivity contribution in [1.82, 2.24) is 0 Å². The standard InChI is InChI=1S/C51H57N2/c1-48(2)38(21-17-25-44-50(31-13-7-14-32-50)46-40-23-11-9-19-36(40)27-29-42(46)52(44)5)35-39(49(48,3)4)22-18-26-45-51(33-15-8-16-34-51)47-41-24-12-10-20-37(41)28-30-43(47)53(45)6/h9-12,17-30,35H,7-8,13-16,31-34H2,1-6H3/q+1. The molecular weight excluding hydrogens is 641 g/mol. The molecular formula is C51H57N2+. The first kappa shape index (κ1) is 34.3. The summed E-state index contributed by atoms with van der Waals surface area (Å²) in [7, 11) is 4.59. The summed E-state index contributed by atoms with van der Waals surface area (Å²) in [5.74, 6) is 0. The van der Waals surface area contributed by atoms with Crippen LogP contribution >= 0.6 is 0 Å². The number of allylic oxidation sites excluding steroid dienone is 10. The molecule has 3 aliphatic carbocycles. The summed E-state index contributed by atoms with van der Waals surface area (Å²) in [6, 6.07) is 27.4. The van der Waals surface area contributed by atoms with Crippen molar-refractivity contribution >= 4 is 38.6 Å². The molecule has 0 atom stereocenters. The number of likely N-dealkylation sites (N-methyl/N-ethyl adjacent to an activating group) is 1. The minimum atomic E-state index is 0.00197. The molecule has 2 saturated carbocycles. The van der Waals surface area contributed by atoms with Gasteiger partial charge in [-0.15, -0.1) is 0 Å². The Bertz CT molecular complexity index is 2320. The van der Waals surface area contributed by atoms with E-state index in [0.717, 1.165) is 0 Å². The maximum atomic E-state index is 2.50. The van der Waals surface area contributed by atoms with Crippen LogP contribution in [0.5, 0.6) is 0 Å². The van der Waals surface area contributed by atoms with E-state index in [1.165, 1.54) is 120 Å². The van der Waals surface area contributed by atoms with Crippen LogP contribution in [0.25, 0.3) is 21.5 Å². The van der Waals surface area contributed by atoms with Gasteiger partial charge < -0.3 is 4.90 Å². The maximum Gasteiger partial charge on any atom is 0.210 e. The number of benzene rings is 4. The second-order valence-corrected chi connectivity index (χ2v) is 17.9. The minimum Gasteiger partial charge on any atom is -0.347 e. The lowest BCUT2D eigenvalue weighted by atomic mass is 9.65. The molecule has 4 aromatic rings. The molecule has 4 aromatic carbocycles. The Morgan fingerprint density at radius 2 is 1.19 bits per heavy atom. The molecule has 53 heavy (non-hydrogen) atoms. The first-order valence-corrected chi connectivity index (χ1v) is 20.5. The highest BCUT2D eigenvalue weighted by molar-refractivity contribution is 6.08. The van der Waals surface area contributed by atoms with Gasteiger partial charge in [0.2, 0.25) is 5.69 Å². The highest BCUT2D eigenvalue weighted by Crippen LogP contribution is 2.58. The highest BCUT2D eigenvalue weighted by atomic mass is 15.2. The van der Waals surface area contributed by atoms with Crippen LogP contribution in [-0.4, -0.2) is 24.4 Å². The van der Waals surface area contributed by atoms with E-state index in [4.69, 9.17) is 0 Å². The Balaban J connectivity index is 1.05. The van der Waals surface area contributed by atoms with Gasteiger partial charge in [-0.1, -0.05) is 151 Å². The topological polar surface area (TPSA) is 6.25 Å². The monoisotopic (exact) mass is 697 g/mol. The summed E-state index contributed by atoms with van der Waals surface area (Å²) in [5, 5.41) is 5.59. The maximum absolute atomic E-state index is 2.50. The number of rotatable bonds is 4. The minimum absolute atomic E-state index is 0.00197. The van der Waals surface area contributed by atoms with E-state index < -0.39 is 0 Å². The lowest BCUT2D eigenvalue weighted by Crippen LogP contribution is -2.36. The molecule has 0 saturated heterocycles. The van der Waals surface area contributed by atoms with Gasteiger partial charge in [0.25, 0.3) is 0 Å². The number of nitrogens with zero attached hydrogens (tertiary/aromatic N) is 2. The molecule has 2 spiro atoms. The van der Waals surface area contributed by atoms with E-state index in [2.05, 4.69) is 167 Å². The predicted octanol–water partition coefficient (Wildman–Crippen LogP) is 13.2. The summed E-state index contributed by atoms with van der Waals surface area (Å²) < 4.78 is 2.50. The van der Waals surface area contributed by atoms with Crippen LogP contribution in [0.2, 0.25) is 0 Å². The lowest BCUT2D eigenvalue weighted by molar-refractivity contribution is -0.401. The SMILES string of the molecule is CN1/C(=C/C=C/C2=CC(=C/C=C/C3=[N+](C)c4ccc5ccccc5c4C34CCCCC4)/C(C)(C)C2(C)C)C2(CCCCC2)c2c1ccc1ccccc21. The molecule has 2 nitrogen and oxygen atoms in total. The Morgan fingerprint density at radius 1 is 0.604 bits per heavy atom. The fourth-order valence-corrected chi connectivity index (χ4v) is 11.4. The van der Waals surface area contributed by atoms with Crippen LogP contribution in [0.3, 0.4) is 0 Å². The molecule has 0 bridgehead atoms. The van der Waals surface area contributed by atoms with Crippen LogP contribution in [-0.2, 0) is 10.8 Å². The Labute approximate surface area is 318 Å². The van der Waals surface area contributed by atoms with E-state index in [1.807, 2.05) is 0 Å². The summed E-state index contributed by atoms with van der Waals surface area (Å²) in [5.41, 5.74) is 11.9. The van der Waals surface area contributed by atoms with E-state index in [-0.39, 0.29) is 21.7 Å². The van der Waals surface area contributed by atoms with Gasteiger partial charge in [-0.25, -0.2) is 0 Å². The van der Waals surface area contributed by atoms with E-state index in [9.17, 15) is 0 Å². The zero-order valence-electron chi connectivity index (χ0n) is 32.9. The van der Waals surface area contributed by atoms with Gasteiger partial charge in [0.05, 0.1) is 5.41 Å². The van der Waals surface area contributed by atoms with Crippen molar-refractivity contribution in [3.8, 4) is 0 Å². The van der Waals surface area contributed by atoms with E-state index >= 15 is 0 Å². The predicted molar refractivity (Wildman–Crippen MR) is 227 cm³/mol. The average molecular weight is 698 g/mol. The molecule has 0 unspecified atom stereocenters. The second-order valence-electron chi connectivity index (χ2n) is 17.9. The zero-order valence-corrected chi connectivity index (χ0v) is 32.9. The van der Waals surface area contributed by atoms with E-state index in [1.54, 1.807) is 11.1 Å². The molecule has 9 rings (SSSR count). The molecule has 0 N–H and O–H groups in total. The van der Waals surface area contributed by atoms with Gasteiger partial charge in [-0.3, -0.25) is 0 Å². The van der Waals surface area contributed by atoms with Gasteiger partial charge in [0.1, 0.15) is 7.05 Å². The van der Waals surface area contributed by atoms with Crippen LogP contribution < -0.4 is 4.90 Å². The molecule has 270 valence electrons. The molecule has 2 aliphatic heterocycles. The fourth-order valence-electron chi connectivity index (χ4n) is 11.4. The van der Waals surface area contributed by atoms with Crippen molar-refractivity contribution < 1.29 is 4.58 Å². The molecule has 0 aromatic heterocycles. The molecule has 2 heterocycles. The Hall–Kier alpha value is -4.43.